The Bertz CT molecular complexity index is 740. The number of amides is 2. The first kappa shape index (κ1) is 17.3. The molecule has 25 heavy (non-hydrogen) atoms. The predicted molar refractivity (Wildman–Crippen MR) is 90.4 cm³/mol. The molecule has 1 aliphatic rings. The Morgan fingerprint density at radius 1 is 1.36 bits per heavy atom. The smallest absolute Gasteiger partial charge is 0.320 e. The van der Waals surface area contributed by atoms with Crippen LogP contribution in [0.25, 0.3) is 0 Å². The largest absolute Gasteiger partial charge is 0.338 e. The maximum Gasteiger partial charge on any atom is 0.320 e. The van der Waals surface area contributed by atoms with Crippen molar-refractivity contribution in [3.63, 3.8) is 0 Å². The Labute approximate surface area is 145 Å². The fourth-order valence-electron chi connectivity index (χ4n) is 3.11. The molecule has 1 aromatic heterocycles. The highest BCUT2D eigenvalue weighted by Crippen LogP contribution is 2.37. The van der Waals surface area contributed by atoms with Crippen molar-refractivity contribution in [1.82, 2.24) is 20.4 Å². The highest BCUT2D eigenvalue weighted by atomic mass is 19.1. The molecule has 0 spiro atoms. The number of rotatable bonds is 5. The molecule has 0 radical (unpaired) electrons. The summed E-state index contributed by atoms with van der Waals surface area (Å²) in [4.78, 5) is 18.8. The van der Waals surface area contributed by atoms with Crippen LogP contribution in [0.5, 0.6) is 0 Å². The number of hydrogen-bond acceptors (Lipinski definition) is 5. The molecule has 134 valence electrons. The highest BCUT2D eigenvalue weighted by molar-refractivity contribution is 5.89. The van der Waals surface area contributed by atoms with Crippen LogP contribution >= 0.6 is 0 Å². The summed E-state index contributed by atoms with van der Waals surface area (Å²) in [5.41, 5.74) is -0.252. The van der Waals surface area contributed by atoms with E-state index in [1.807, 2.05) is 19.0 Å². The topological polar surface area (TPSA) is 83.3 Å². The second-order valence-electron chi connectivity index (χ2n) is 6.63. The lowest BCUT2D eigenvalue weighted by Gasteiger charge is -2.26. The molecule has 0 bridgehead atoms. The van der Waals surface area contributed by atoms with E-state index in [2.05, 4.69) is 20.8 Å². The monoisotopic (exact) mass is 347 g/mol. The molecule has 2 N–H and O–H groups in total. The van der Waals surface area contributed by atoms with Gasteiger partial charge in [-0.3, -0.25) is 0 Å². The van der Waals surface area contributed by atoms with E-state index < -0.39 is 17.4 Å². The van der Waals surface area contributed by atoms with Crippen LogP contribution in [0.4, 0.5) is 14.9 Å². The summed E-state index contributed by atoms with van der Waals surface area (Å²) in [5.74, 6) is 0.606. The number of nitrogens with one attached hydrogen (secondary N) is 2. The summed E-state index contributed by atoms with van der Waals surface area (Å²) in [5, 5.41) is 9.71. The zero-order valence-electron chi connectivity index (χ0n) is 14.4. The maximum atomic E-state index is 13.3. The molecule has 3 rings (SSSR count). The molecule has 0 saturated heterocycles. The number of carbonyl (C=O) groups is 1. The van der Waals surface area contributed by atoms with E-state index in [0.717, 1.165) is 25.7 Å². The van der Waals surface area contributed by atoms with Crippen LogP contribution in [0.2, 0.25) is 0 Å². The van der Waals surface area contributed by atoms with Crippen LogP contribution < -0.4 is 10.6 Å². The van der Waals surface area contributed by atoms with Gasteiger partial charge in [0.25, 0.3) is 0 Å². The molecule has 8 heteroatoms. The quantitative estimate of drug-likeness (QED) is 0.869. The molecule has 0 unspecified atom stereocenters. The van der Waals surface area contributed by atoms with Gasteiger partial charge in [0, 0.05) is 5.69 Å². The van der Waals surface area contributed by atoms with Crippen molar-refractivity contribution in [2.24, 2.45) is 0 Å². The van der Waals surface area contributed by atoms with Gasteiger partial charge in [-0.05, 0) is 45.1 Å². The van der Waals surface area contributed by atoms with Gasteiger partial charge in [0.1, 0.15) is 11.4 Å². The van der Waals surface area contributed by atoms with Gasteiger partial charge >= 0.3 is 6.03 Å². The van der Waals surface area contributed by atoms with E-state index in [0.29, 0.717) is 23.9 Å². The summed E-state index contributed by atoms with van der Waals surface area (Å²) in [6.45, 7) is 0.540. The Morgan fingerprint density at radius 2 is 2.12 bits per heavy atom. The lowest BCUT2D eigenvalue weighted by atomic mass is 9.97. The van der Waals surface area contributed by atoms with Gasteiger partial charge in [-0.25, -0.2) is 9.18 Å². The van der Waals surface area contributed by atoms with Crippen LogP contribution in [0.15, 0.2) is 28.8 Å². The standard InChI is InChI=1S/C17H22FN5O2/c1-23(2)11-14-20-15(22-25-14)17(8-3-4-9-17)21-16(24)19-13-7-5-6-12(18)10-13/h5-7,10H,3-4,8-9,11H2,1-2H3,(H2,19,21,24). The number of anilines is 1. The molecule has 1 heterocycles. The zero-order chi connectivity index (χ0) is 17.9. The second-order valence-corrected chi connectivity index (χ2v) is 6.63. The lowest BCUT2D eigenvalue weighted by Crippen LogP contribution is -2.46. The van der Waals surface area contributed by atoms with Gasteiger partial charge in [0.2, 0.25) is 5.89 Å². The van der Waals surface area contributed by atoms with E-state index in [4.69, 9.17) is 4.52 Å². The number of nitrogens with zero attached hydrogens (tertiary/aromatic N) is 3. The molecule has 0 atom stereocenters. The lowest BCUT2D eigenvalue weighted by molar-refractivity contribution is 0.232. The summed E-state index contributed by atoms with van der Waals surface area (Å²) < 4.78 is 18.6. The molecule has 0 aliphatic heterocycles. The minimum absolute atomic E-state index is 0.395. The van der Waals surface area contributed by atoms with Crippen LogP contribution in [-0.4, -0.2) is 35.2 Å². The van der Waals surface area contributed by atoms with Crippen LogP contribution in [0.3, 0.4) is 0 Å². The third-order valence-corrected chi connectivity index (χ3v) is 4.24. The molecular weight excluding hydrogens is 325 g/mol. The number of urea groups is 1. The van der Waals surface area contributed by atoms with Crippen LogP contribution in [0.1, 0.15) is 37.4 Å². The van der Waals surface area contributed by atoms with Gasteiger partial charge in [-0.2, -0.15) is 4.98 Å². The highest BCUT2D eigenvalue weighted by Gasteiger charge is 2.41. The molecule has 2 aromatic rings. The van der Waals surface area contributed by atoms with Crippen molar-refractivity contribution < 1.29 is 13.7 Å². The summed E-state index contributed by atoms with van der Waals surface area (Å²) in [6, 6.07) is 5.36. The Kier molecular flexibility index (Phi) is 4.98. The first-order chi connectivity index (χ1) is 12.0. The molecular formula is C17H22FN5O2. The average Bonchev–Trinajstić information content (AvgIpc) is 3.17. The predicted octanol–water partition coefficient (Wildman–Crippen LogP) is 2.86. The number of carbonyl (C=O) groups excluding carboxylic acids is 1. The number of benzene rings is 1. The average molecular weight is 347 g/mol. The first-order valence-electron chi connectivity index (χ1n) is 8.29. The van der Waals surface area contributed by atoms with Crippen molar-refractivity contribution in [2.75, 3.05) is 19.4 Å². The fraction of sp³-hybridized carbons (Fsp3) is 0.471. The van der Waals surface area contributed by atoms with E-state index in [9.17, 15) is 9.18 Å². The number of halogens is 1. The van der Waals surface area contributed by atoms with Gasteiger partial charge < -0.3 is 20.1 Å². The summed E-state index contributed by atoms with van der Waals surface area (Å²) >= 11 is 0. The van der Waals surface area contributed by atoms with E-state index in [1.54, 1.807) is 12.1 Å². The zero-order valence-corrected chi connectivity index (χ0v) is 14.4. The minimum atomic E-state index is -0.647. The molecule has 7 nitrogen and oxygen atoms in total. The van der Waals surface area contributed by atoms with Gasteiger partial charge in [-0.15, -0.1) is 0 Å². The van der Waals surface area contributed by atoms with E-state index in [-0.39, 0.29) is 0 Å². The third kappa shape index (κ3) is 4.14. The van der Waals surface area contributed by atoms with Crippen molar-refractivity contribution in [1.29, 1.82) is 0 Å². The third-order valence-electron chi connectivity index (χ3n) is 4.24. The van der Waals surface area contributed by atoms with Gasteiger partial charge in [0.05, 0.1) is 6.54 Å². The molecule has 2 amide bonds. The Morgan fingerprint density at radius 3 is 2.80 bits per heavy atom. The summed E-state index contributed by atoms with van der Waals surface area (Å²) in [7, 11) is 3.83. The Hall–Kier alpha value is -2.48. The number of hydrogen-bond donors (Lipinski definition) is 2. The van der Waals surface area contributed by atoms with E-state index >= 15 is 0 Å². The maximum absolute atomic E-state index is 13.3. The SMILES string of the molecule is CN(C)Cc1nc(C2(NC(=O)Nc3cccc(F)c3)CCCC2)no1. The Balaban J connectivity index is 1.74. The molecule has 1 aliphatic carbocycles. The van der Waals surface area contributed by atoms with Crippen molar-refractivity contribution in [2.45, 2.75) is 37.8 Å². The number of aromatic nitrogens is 2. The van der Waals surface area contributed by atoms with Crippen molar-refractivity contribution in [3.8, 4) is 0 Å². The van der Waals surface area contributed by atoms with Crippen molar-refractivity contribution in [3.05, 3.63) is 41.8 Å². The fourth-order valence-corrected chi connectivity index (χ4v) is 3.11. The first-order valence-corrected chi connectivity index (χ1v) is 8.29. The molecule has 1 fully saturated rings. The van der Waals surface area contributed by atoms with Crippen LogP contribution in [0, 0.1) is 5.82 Å². The van der Waals surface area contributed by atoms with E-state index in [1.165, 1.54) is 12.1 Å². The summed E-state index contributed by atoms with van der Waals surface area (Å²) in [6.07, 6.45) is 3.42. The van der Waals surface area contributed by atoms with Crippen LogP contribution in [-0.2, 0) is 12.1 Å². The normalized spacial score (nSPS) is 16.2. The molecule has 1 saturated carbocycles. The second kappa shape index (κ2) is 7.18. The van der Waals surface area contributed by atoms with Crippen molar-refractivity contribution >= 4 is 11.7 Å². The minimum Gasteiger partial charge on any atom is -0.338 e. The van der Waals surface area contributed by atoms with Gasteiger partial charge in [-0.1, -0.05) is 24.1 Å². The van der Waals surface area contributed by atoms with Gasteiger partial charge in [0.15, 0.2) is 5.82 Å². The molecule has 1 aromatic carbocycles.